The zero-order valence-corrected chi connectivity index (χ0v) is 15.3. The molecule has 0 saturated carbocycles. The van der Waals surface area contributed by atoms with Gasteiger partial charge in [-0.2, -0.15) is 4.31 Å². The molecule has 1 heterocycles. The first-order chi connectivity index (χ1) is 10.8. The smallest absolute Gasteiger partial charge is 0.243 e. The second-order valence-electron chi connectivity index (χ2n) is 6.34. The minimum atomic E-state index is -3.41. The predicted octanol–water partition coefficient (Wildman–Crippen LogP) is 2.58. The number of nitrogens with zero attached hydrogens (tertiary/aromatic N) is 2. The van der Waals surface area contributed by atoms with E-state index in [0.717, 1.165) is 19.5 Å². The first-order valence-corrected chi connectivity index (χ1v) is 9.79. The van der Waals surface area contributed by atoms with Crippen LogP contribution in [-0.4, -0.2) is 55.9 Å². The number of ether oxygens (including phenoxy) is 1. The highest BCUT2D eigenvalue weighted by molar-refractivity contribution is 7.89. The maximum Gasteiger partial charge on any atom is 0.243 e. The molecule has 1 aromatic rings. The van der Waals surface area contributed by atoms with Crippen molar-refractivity contribution in [3.63, 3.8) is 0 Å². The van der Waals surface area contributed by atoms with Gasteiger partial charge in [0.15, 0.2) is 0 Å². The van der Waals surface area contributed by atoms with Crippen molar-refractivity contribution < 1.29 is 13.2 Å². The third-order valence-electron chi connectivity index (χ3n) is 4.32. The van der Waals surface area contributed by atoms with Gasteiger partial charge in [0.05, 0.1) is 11.0 Å². The van der Waals surface area contributed by atoms with Crippen LogP contribution in [0.5, 0.6) is 5.75 Å². The van der Waals surface area contributed by atoms with Crippen molar-refractivity contribution in [2.45, 2.75) is 51.2 Å². The molecule has 2 rings (SSSR count). The van der Waals surface area contributed by atoms with Crippen LogP contribution in [0.3, 0.4) is 0 Å². The first-order valence-electron chi connectivity index (χ1n) is 8.35. The molecule has 1 unspecified atom stereocenters. The molecule has 0 bridgehead atoms. The van der Waals surface area contributed by atoms with Gasteiger partial charge in [-0.3, -0.25) is 4.90 Å². The second kappa shape index (κ2) is 7.64. The number of sulfonamides is 1. The highest BCUT2D eigenvalue weighted by atomic mass is 32.2. The van der Waals surface area contributed by atoms with Crippen LogP contribution in [0.25, 0.3) is 0 Å². The molecule has 23 heavy (non-hydrogen) atoms. The average Bonchev–Trinajstić information content (AvgIpc) is 2.54. The summed E-state index contributed by atoms with van der Waals surface area (Å²) in [5.74, 6) is 0.695. The topological polar surface area (TPSA) is 49.9 Å². The Labute approximate surface area is 140 Å². The number of rotatable bonds is 6. The van der Waals surface area contributed by atoms with Crippen LogP contribution in [0, 0.1) is 0 Å². The molecule has 1 aliphatic rings. The highest BCUT2D eigenvalue weighted by Crippen LogP contribution is 2.22. The Morgan fingerprint density at radius 3 is 2.09 bits per heavy atom. The van der Waals surface area contributed by atoms with Gasteiger partial charge in [-0.15, -0.1) is 0 Å². The monoisotopic (exact) mass is 340 g/mol. The largest absolute Gasteiger partial charge is 0.491 e. The summed E-state index contributed by atoms with van der Waals surface area (Å²) in [6.07, 6.45) is 1.16. The second-order valence-corrected chi connectivity index (χ2v) is 8.27. The van der Waals surface area contributed by atoms with Crippen molar-refractivity contribution in [1.82, 2.24) is 9.21 Å². The third-order valence-corrected chi connectivity index (χ3v) is 6.23. The lowest BCUT2D eigenvalue weighted by atomic mass is 10.2. The van der Waals surface area contributed by atoms with Crippen LogP contribution in [0.2, 0.25) is 0 Å². The Morgan fingerprint density at radius 1 is 1.04 bits per heavy atom. The lowest BCUT2D eigenvalue weighted by molar-refractivity contribution is 0.142. The van der Waals surface area contributed by atoms with Gasteiger partial charge in [0.2, 0.25) is 10.0 Å². The lowest BCUT2D eigenvalue weighted by Crippen LogP contribution is -2.51. The third kappa shape index (κ3) is 4.46. The average molecular weight is 340 g/mol. The molecule has 1 atom stereocenters. The van der Waals surface area contributed by atoms with E-state index in [4.69, 9.17) is 4.74 Å². The van der Waals surface area contributed by atoms with Gasteiger partial charge in [0.25, 0.3) is 0 Å². The van der Waals surface area contributed by atoms with Crippen molar-refractivity contribution in [3.8, 4) is 5.75 Å². The van der Waals surface area contributed by atoms with Gasteiger partial charge in [-0.05, 0) is 51.5 Å². The summed E-state index contributed by atoms with van der Waals surface area (Å²) in [6, 6.07) is 7.22. The summed E-state index contributed by atoms with van der Waals surface area (Å²) in [4.78, 5) is 2.69. The summed E-state index contributed by atoms with van der Waals surface area (Å²) < 4.78 is 32.6. The van der Waals surface area contributed by atoms with Gasteiger partial charge in [0.1, 0.15) is 5.75 Å². The fourth-order valence-electron chi connectivity index (χ4n) is 2.75. The van der Waals surface area contributed by atoms with Crippen LogP contribution < -0.4 is 4.74 Å². The molecule has 0 amide bonds. The van der Waals surface area contributed by atoms with Crippen molar-refractivity contribution in [1.29, 1.82) is 0 Å². The molecule has 1 aliphatic heterocycles. The van der Waals surface area contributed by atoms with E-state index >= 15 is 0 Å². The molecule has 0 aliphatic carbocycles. The molecular formula is C17H28N2O3S. The van der Waals surface area contributed by atoms with Crippen LogP contribution >= 0.6 is 0 Å². The highest BCUT2D eigenvalue weighted by Gasteiger charge is 2.29. The van der Waals surface area contributed by atoms with E-state index in [1.54, 1.807) is 28.6 Å². The SMILES string of the molecule is CCC(C)N1CCN(S(=O)(=O)c2ccc(OC(C)C)cc2)CC1. The zero-order chi connectivity index (χ0) is 17.0. The zero-order valence-electron chi connectivity index (χ0n) is 14.5. The van der Waals surface area contributed by atoms with Crippen LogP contribution in [0.4, 0.5) is 0 Å². The molecule has 0 N–H and O–H groups in total. The Hall–Kier alpha value is -1.11. The normalized spacial score (nSPS) is 19.0. The van der Waals surface area contributed by atoms with E-state index in [2.05, 4.69) is 18.7 Å². The van der Waals surface area contributed by atoms with E-state index in [9.17, 15) is 8.42 Å². The van der Waals surface area contributed by atoms with Crippen LogP contribution in [0.15, 0.2) is 29.2 Å². The van der Waals surface area contributed by atoms with Gasteiger partial charge >= 0.3 is 0 Å². The molecule has 6 heteroatoms. The molecule has 130 valence electrons. The number of piperazine rings is 1. The fourth-order valence-corrected chi connectivity index (χ4v) is 4.18. The molecule has 0 aromatic heterocycles. The minimum Gasteiger partial charge on any atom is -0.491 e. The van der Waals surface area contributed by atoms with E-state index in [1.165, 1.54) is 0 Å². The fraction of sp³-hybridized carbons (Fsp3) is 0.647. The molecule has 0 radical (unpaired) electrons. The van der Waals surface area contributed by atoms with Crippen LogP contribution in [0.1, 0.15) is 34.1 Å². The summed E-state index contributed by atoms with van der Waals surface area (Å²) in [6.45, 7) is 10.9. The molecule has 1 saturated heterocycles. The minimum absolute atomic E-state index is 0.0751. The lowest BCUT2D eigenvalue weighted by Gasteiger charge is -2.37. The summed E-state index contributed by atoms with van der Waals surface area (Å²) >= 11 is 0. The first kappa shape index (κ1) is 18.2. The summed E-state index contributed by atoms with van der Waals surface area (Å²) in [7, 11) is -3.41. The molecular weight excluding hydrogens is 312 g/mol. The molecule has 1 aromatic carbocycles. The Kier molecular flexibility index (Phi) is 6.06. The Bertz CT molecular complexity index is 591. The number of hydrogen-bond donors (Lipinski definition) is 0. The maximum absolute atomic E-state index is 12.7. The number of benzene rings is 1. The quantitative estimate of drug-likeness (QED) is 0.799. The Morgan fingerprint density at radius 2 is 1.61 bits per heavy atom. The van der Waals surface area contributed by atoms with Gasteiger partial charge < -0.3 is 4.74 Å². The van der Waals surface area contributed by atoms with E-state index < -0.39 is 10.0 Å². The van der Waals surface area contributed by atoms with E-state index in [1.807, 2.05) is 13.8 Å². The summed E-state index contributed by atoms with van der Waals surface area (Å²) in [5.41, 5.74) is 0. The molecule has 5 nitrogen and oxygen atoms in total. The van der Waals surface area contributed by atoms with Crippen LogP contribution in [-0.2, 0) is 10.0 Å². The Balaban J connectivity index is 2.04. The standard InChI is InChI=1S/C17H28N2O3S/c1-5-15(4)18-10-12-19(13-11-18)23(20,21)17-8-6-16(7-9-17)22-14(2)3/h6-9,14-15H,5,10-13H2,1-4H3. The predicted molar refractivity (Wildman–Crippen MR) is 92.3 cm³/mol. The van der Waals surface area contributed by atoms with Gasteiger partial charge in [0, 0.05) is 32.2 Å². The molecule has 1 fully saturated rings. The maximum atomic E-state index is 12.7. The van der Waals surface area contributed by atoms with Crippen molar-refractivity contribution in [3.05, 3.63) is 24.3 Å². The van der Waals surface area contributed by atoms with E-state index in [-0.39, 0.29) is 6.10 Å². The van der Waals surface area contributed by atoms with E-state index in [0.29, 0.717) is 29.8 Å². The van der Waals surface area contributed by atoms with Crippen molar-refractivity contribution >= 4 is 10.0 Å². The number of hydrogen-bond acceptors (Lipinski definition) is 4. The van der Waals surface area contributed by atoms with Gasteiger partial charge in [-0.1, -0.05) is 6.92 Å². The summed E-state index contributed by atoms with van der Waals surface area (Å²) in [5, 5.41) is 0. The van der Waals surface area contributed by atoms with Gasteiger partial charge in [-0.25, -0.2) is 8.42 Å². The van der Waals surface area contributed by atoms with Crippen molar-refractivity contribution in [2.75, 3.05) is 26.2 Å². The van der Waals surface area contributed by atoms with Crippen molar-refractivity contribution in [2.24, 2.45) is 0 Å². The molecule has 0 spiro atoms.